The van der Waals surface area contributed by atoms with Crippen molar-refractivity contribution in [2.45, 2.75) is 36.0 Å². The minimum absolute atomic E-state index is 0. The number of hydrogen-bond donors (Lipinski definition) is 0. The van der Waals surface area contributed by atoms with E-state index in [2.05, 4.69) is 126 Å². The molecule has 1 aliphatic heterocycles. The molecule has 0 aliphatic carbocycles. The molecule has 0 N–H and O–H groups in total. The van der Waals surface area contributed by atoms with E-state index in [0.717, 1.165) is 28.1 Å². The number of aromatic nitrogens is 3. The van der Waals surface area contributed by atoms with Crippen LogP contribution in [0.25, 0.3) is 44.4 Å². The first kappa shape index (κ1) is 29.1. The fourth-order valence-electron chi connectivity index (χ4n) is 5.29. The maximum absolute atomic E-state index is 4.22. The number of rotatable bonds is 2. The van der Waals surface area contributed by atoms with Crippen LogP contribution >= 0.6 is 11.8 Å². The summed E-state index contributed by atoms with van der Waals surface area (Å²) in [6, 6.07) is 46.3. The quantitative estimate of drug-likeness (QED) is 0.130. The van der Waals surface area contributed by atoms with Gasteiger partial charge in [0.1, 0.15) is 0 Å². The molecule has 5 heteroatoms. The summed E-state index contributed by atoms with van der Waals surface area (Å²) < 4.78 is 4.35. The first-order valence-electron chi connectivity index (χ1n) is 14.1. The standard InChI is InChI=1S/C27H21N2S.C11H8N.Ir/c1-27(2,3)19-12-14-20(15-13-19)28-17-29-23-16-11-18-7-4-5-8-21(18)26(23)30-24-10-6-9-22(28)25(24)29;1-2-6-10(7-3-1)11-8-4-5-9-12-11;/h4-15H,1-3H3;1-6,8-9H;/q2*-1;+3. The van der Waals surface area contributed by atoms with Gasteiger partial charge in [0.25, 0.3) is 6.33 Å². The van der Waals surface area contributed by atoms with Crippen molar-refractivity contribution in [3.8, 4) is 22.6 Å². The van der Waals surface area contributed by atoms with Gasteiger partial charge in [-0.2, -0.15) is 23.9 Å². The smallest absolute Gasteiger partial charge is 0.313 e. The molecular weight excluding hydrogens is 723 g/mol. The van der Waals surface area contributed by atoms with Gasteiger partial charge in [-0.25, -0.2) is 0 Å². The number of fused-ring (bicyclic) bond motifs is 4. The Balaban J connectivity index is 0.000000213. The molecule has 1 aliphatic rings. The van der Waals surface area contributed by atoms with E-state index in [4.69, 9.17) is 0 Å². The Morgan fingerprint density at radius 1 is 0.791 bits per heavy atom. The van der Waals surface area contributed by atoms with Gasteiger partial charge in [-0.1, -0.05) is 86.3 Å². The Morgan fingerprint density at radius 3 is 2.33 bits per heavy atom. The topological polar surface area (TPSA) is 21.7 Å². The van der Waals surface area contributed by atoms with E-state index in [9.17, 15) is 0 Å². The summed E-state index contributed by atoms with van der Waals surface area (Å²) in [5.41, 5.74) is 8.04. The molecule has 43 heavy (non-hydrogen) atoms. The molecule has 2 aromatic heterocycles. The molecule has 7 aromatic rings. The van der Waals surface area contributed by atoms with Crippen LogP contribution in [0.3, 0.4) is 0 Å². The minimum Gasteiger partial charge on any atom is -0.313 e. The molecule has 0 atom stereocenters. The Morgan fingerprint density at radius 2 is 1.58 bits per heavy atom. The third-order valence-electron chi connectivity index (χ3n) is 7.50. The Hall–Kier alpha value is -4.02. The summed E-state index contributed by atoms with van der Waals surface area (Å²) in [4.78, 5) is 6.72. The monoisotopic (exact) mass is 752 g/mol. The van der Waals surface area contributed by atoms with E-state index in [1.165, 1.54) is 31.6 Å². The van der Waals surface area contributed by atoms with Crippen LogP contribution in [-0.4, -0.2) is 9.55 Å². The first-order chi connectivity index (χ1) is 20.5. The number of benzene rings is 5. The zero-order chi connectivity index (χ0) is 28.7. The molecule has 5 aromatic carbocycles. The number of para-hydroxylation sites is 1. The fourth-order valence-corrected chi connectivity index (χ4v) is 6.50. The van der Waals surface area contributed by atoms with Crippen molar-refractivity contribution in [3.05, 3.63) is 145 Å². The van der Waals surface area contributed by atoms with Gasteiger partial charge in [-0.05, 0) is 40.6 Å². The van der Waals surface area contributed by atoms with E-state index in [-0.39, 0.29) is 25.5 Å². The number of hydrogen-bond acceptors (Lipinski definition) is 2. The number of imidazole rings is 1. The fraction of sp³-hybridized carbons (Fsp3) is 0.105. The summed E-state index contributed by atoms with van der Waals surface area (Å²) in [5.74, 6) is 0. The SMILES string of the molecule is CC(C)(C)c1ccc(-n2[c-][n+]3c4c(cccc42)Sc2c-3[c-]cc3ccccc23)cc1.[Ir+3].[c-]1ccccc1-c1ccccn1. The number of pyridine rings is 1. The van der Waals surface area contributed by atoms with Crippen LogP contribution in [0.1, 0.15) is 26.3 Å². The Labute approximate surface area is 270 Å². The molecule has 3 heterocycles. The Kier molecular flexibility index (Phi) is 8.07. The van der Waals surface area contributed by atoms with Crippen LogP contribution in [-0.2, 0) is 25.5 Å². The van der Waals surface area contributed by atoms with E-state index in [1.54, 1.807) is 6.20 Å². The normalized spacial score (nSPS) is 11.8. The molecule has 0 spiro atoms. The van der Waals surface area contributed by atoms with Crippen LogP contribution < -0.4 is 4.57 Å². The van der Waals surface area contributed by atoms with Gasteiger partial charge in [-0.3, -0.25) is 4.57 Å². The molecule has 0 fully saturated rings. The van der Waals surface area contributed by atoms with Crippen molar-refractivity contribution in [2.75, 3.05) is 0 Å². The van der Waals surface area contributed by atoms with Gasteiger partial charge in [0.15, 0.2) is 0 Å². The van der Waals surface area contributed by atoms with Crippen molar-refractivity contribution in [2.24, 2.45) is 0 Å². The van der Waals surface area contributed by atoms with Crippen molar-refractivity contribution in [1.29, 1.82) is 0 Å². The summed E-state index contributed by atoms with van der Waals surface area (Å²) in [6.45, 7) is 6.74. The van der Waals surface area contributed by atoms with Crippen LogP contribution in [0.4, 0.5) is 0 Å². The molecule has 0 saturated heterocycles. The van der Waals surface area contributed by atoms with E-state index >= 15 is 0 Å². The molecular formula is C38H29IrN3S+. The predicted octanol–water partition coefficient (Wildman–Crippen LogP) is 8.97. The van der Waals surface area contributed by atoms with Gasteiger partial charge in [0, 0.05) is 11.1 Å². The predicted molar refractivity (Wildman–Crippen MR) is 171 cm³/mol. The molecule has 0 amide bonds. The third-order valence-corrected chi connectivity index (χ3v) is 8.67. The molecule has 0 bridgehead atoms. The van der Waals surface area contributed by atoms with Crippen LogP contribution in [0.5, 0.6) is 0 Å². The maximum Gasteiger partial charge on any atom is 3.00 e. The Bertz CT molecular complexity index is 1990. The van der Waals surface area contributed by atoms with Gasteiger partial charge in [0.2, 0.25) is 0 Å². The number of nitrogens with zero attached hydrogens (tertiary/aromatic N) is 3. The summed E-state index contributed by atoms with van der Waals surface area (Å²) in [5, 5.41) is 2.49. The largest absolute Gasteiger partial charge is 3.00 e. The van der Waals surface area contributed by atoms with Crippen molar-refractivity contribution < 1.29 is 24.7 Å². The van der Waals surface area contributed by atoms with Crippen molar-refractivity contribution >= 4 is 33.6 Å². The summed E-state index contributed by atoms with van der Waals surface area (Å²) in [6.07, 6.45) is 5.40. The minimum atomic E-state index is 0. The zero-order valence-corrected chi connectivity index (χ0v) is 27.3. The van der Waals surface area contributed by atoms with Crippen LogP contribution in [0.2, 0.25) is 0 Å². The first-order valence-corrected chi connectivity index (χ1v) is 14.9. The van der Waals surface area contributed by atoms with E-state index in [1.807, 2.05) is 54.2 Å². The molecule has 210 valence electrons. The van der Waals surface area contributed by atoms with Gasteiger partial charge < -0.3 is 9.55 Å². The molecule has 0 radical (unpaired) electrons. The molecule has 0 saturated carbocycles. The van der Waals surface area contributed by atoms with E-state index < -0.39 is 0 Å². The average Bonchev–Trinajstić information content (AvgIpc) is 3.43. The second-order valence-corrected chi connectivity index (χ2v) is 12.4. The summed E-state index contributed by atoms with van der Waals surface area (Å²) >= 11 is 1.83. The maximum atomic E-state index is 4.22. The van der Waals surface area contributed by atoms with Gasteiger partial charge in [0.05, 0.1) is 16.7 Å². The summed E-state index contributed by atoms with van der Waals surface area (Å²) in [7, 11) is 0. The van der Waals surface area contributed by atoms with Gasteiger partial charge in [-0.15, -0.1) is 52.7 Å². The average molecular weight is 752 g/mol. The van der Waals surface area contributed by atoms with Gasteiger partial charge >= 0.3 is 20.1 Å². The van der Waals surface area contributed by atoms with E-state index in [0.29, 0.717) is 0 Å². The van der Waals surface area contributed by atoms with Crippen molar-refractivity contribution in [3.63, 3.8) is 0 Å². The van der Waals surface area contributed by atoms with Crippen LogP contribution in [0.15, 0.2) is 131 Å². The molecule has 8 rings (SSSR count). The molecule has 0 unspecified atom stereocenters. The second kappa shape index (κ2) is 11.9. The second-order valence-electron chi connectivity index (χ2n) is 11.3. The third kappa shape index (κ3) is 5.57. The zero-order valence-electron chi connectivity index (χ0n) is 24.1. The van der Waals surface area contributed by atoms with Crippen molar-refractivity contribution in [1.82, 2.24) is 9.55 Å². The van der Waals surface area contributed by atoms with Crippen LogP contribution in [0, 0.1) is 18.5 Å². The molecule has 3 nitrogen and oxygen atoms in total.